The normalized spacial score (nSPS) is 11.4. The molecule has 0 aromatic heterocycles. The Labute approximate surface area is 178 Å². The van der Waals surface area contributed by atoms with Crippen LogP contribution in [-0.4, -0.2) is 0 Å². The molecule has 5 aromatic carbocycles. The van der Waals surface area contributed by atoms with E-state index in [2.05, 4.69) is 0 Å². The molecule has 0 amide bonds. The molecule has 5 aromatic rings. The van der Waals surface area contributed by atoms with E-state index in [0.717, 1.165) is 12.1 Å². The molecule has 0 bridgehead atoms. The Morgan fingerprint density at radius 1 is 0.406 bits per heavy atom. The predicted octanol–water partition coefficient (Wildman–Crippen LogP) is 8.16. The van der Waals surface area contributed by atoms with Crippen molar-refractivity contribution in [3.8, 4) is 22.3 Å². The maximum Gasteiger partial charge on any atom is 0.169 e. The summed E-state index contributed by atoms with van der Waals surface area (Å²) in [6, 6.07) is 16.0. The van der Waals surface area contributed by atoms with Gasteiger partial charge in [0.25, 0.3) is 0 Å². The smallest absolute Gasteiger partial charge is 0.169 e. The first kappa shape index (κ1) is 20.1. The Bertz CT molecular complexity index is 1450. The molecular formula is C26H12F6. The van der Waals surface area contributed by atoms with Crippen molar-refractivity contribution in [2.24, 2.45) is 0 Å². The van der Waals surface area contributed by atoms with Crippen LogP contribution in [-0.2, 0) is 0 Å². The fraction of sp³-hybridized carbons (Fsp3) is 0. The fourth-order valence-corrected chi connectivity index (χ4v) is 4.17. The summed E-state index contributed by atoms with van der Waals surface area (Å²) in [5, 5.41) is 1.28. The van der Waals surface area contributed by atoms with E-state index in [1.165, 1.54) is 18.2 Å². The van der Waals surface area contributed by atoms with Crippen molar-refractivity contribution < 1.29 is 26.3 Å². The van der Waals surface area contributed by atoms with Crippen LogP contribution in [0, 0.1) is 34.9 Å². The summed E-state index contributed by atoms with van der Waals surface area (Å²) >= 11 is 0. The highest BCUT2D eigenvalue weighted by atomic mass is 19.2. The zero-order valence-electron chi connectivity index (χ0n) is 16.2. The lowest BCUT2D eigenvalue weighted by atomic mass is 9.85. The Morgan fingerprint density at radius 3 is 1.34 bits per heavy atom. The minimum absolute atomic E-state index is 0.0594. The van der Waals surface area contributed by atoms with Gasteiger partial charge < -0.3 is 0 Å². The standard InChI is InChI=1S/C26H12F6/c27-13-9-10-18(19(28)11-13)22-14-5-1-3-7-16(14)23(17-8-4-2-6-15(17)22)24-25(31)20(29)12-21(30)26(24)32/h1-12H. The average molecular weight is 438 g/mol. The number of hydrogen-bond donors (Lipinski definition) is 0. The highest BCUT2D eigenvalue weighted by Crippen LogP contribution is 2.45. The van der Waals surface area contributed by atoms with Crippen LogP contribution in [0.1, 0.15) is 0 Å². The summed E-state index contributed by atoms with van der Waals surface area (Å²) in [7, 11) is 0. The molecule has 0 saturated carbocycles. The summed E-state index contributed by atoms with van der Waals surface area (Å²) in [6.45, 7) is 0. The lowest BCUT2D eigenvalue weighted by Crippen LogP contribution is -2.01. The predicted molar refractivity (Wildman–Crippen MR) is 112 cm³/mol. The molecule has 0 aliphatic carbocycles. The largest absolute Gasteiger partial charge is 0.207 e. The van der Waals surface area contributed by atoms with Crippen LogP contribution in [0.15, 0.2) is 72.8 Å². The van der Waals surface area contributed by atoms with Crippen LogP contribution in [0.3, 0.4) is 0 Å². The van der Waals surface area contributed by atoms with E-state index >= 15 is 0 Å². The summed E-state index contributed by atoms with van der Waals surface area (Å²) in [5.41, 5.74) is -0.455. The van der Waals surface area contributed by atoms with E-state index < -0.39 is 40.5 Å². The molecule has 158 valence electrons. The van der Waals surface area contributed by atoms with E-state index in [1.54, 1.807) is 36.4 Å². The lowest BCUT2D eigenvalue weighted by Gasteiger charge is -2.19. The quantitative estimate of drug-likeness (QED) is 0.148. The number of halogens is 6. The van der Waals surface area contributed by atoms with Gasteiger partial charge in [0.1, 0.15) is 11.6 Å². The zero-order chi connectivity index (χ0) is 22.6. The van der Waals surface area contributed by atoms with Crippen LogP contribution in [0.4, 0.5) is 26.3 Å². The number of fused-ring (bicyclic) bond motifs is 2. The van der Waals surface area contributed by atoms with Crippen LogP contribution in [0.25, 0.3) is 43.8 Å². The minimum Gasteiger partial charge on any atom is -0.207 e. The fourth-order valence-electron chi connectivity index (χ4n) is 4.17. The molecule has 32 heavy (non-hydrogen) atoms. The van der Waals surface area contributed by atoms with Gasteiger partial charge in [-0.3, -0.25) is 0 Å². The number of hydrogen-bond acceptors (Lipinski definition) is 0. The molecule has 0 fully saturated rings. The van der Waals surface area contributed by atoms with E-state index in [1.807, 2.05) is 0 Å². The van der Waals surface area contributed by atoms with E-state index in [4.69, 9.17) is 0 Å². The van der Waals surface area contributed by atoms with Crippen molar-refractivity contribution in [3.05, 3.63) is 108 Å². The molecule has 0 N–H and O–H groups in total. The van der Waals surface area contributed by atoms with Gasteiger partial charge in [0.05, 0.1) is 5.56 Å². The maximum absolute atomic E-state index is 14.8. The minimum atomic E-state index is -1.53. The van der Waals surface area contributed by atoms with Gasteiger partial charge >= 0.3 is 0 Å². The highest BCUT2D eigenvalue weighted by molar-refractivity contribution is 6.21. The van der Waals surface area contributed by atoms with Gasteiger partial charge in [-0.2, -0.15) is 0 Å². The molecule has 0 aliphatic rings. The van der Waals surface area contributed by atoms with Crippen molar-refractivity contribution in [2.45, 2.75) is 0 Å². The molecule has 0 heterocycles. The van der Waals surface area contributed by atoms with Gasteiger partial charge in [-0.1, -0.05) is 48.5 Å². The van der Waals surface area contributed by atoms with Crippen molar-refractivity contribution in [2.75, 3.05) is 0 Å². The third kappa shape index (κ3) is 2.94. The van der Waals surface area contributed by atoms with Crippen LogP contribution in [0.2, 0.25) is 0 Å². The molecule has 0 spiro atoms. The second-order valence-electron chi connectivity index (χ2n) is 7.31. The molecule has 0 radical (unpaired) electrons. The summed E-state index contributed by atoms with van der Waals surface area (Å²) in [4.78, 5) is 0. The summed E-state index contributed by atoms with van der Waals surface area (Å²) < 4.78 is 86.2. The summed E-state index contributed by atoms with van der Waals surface area (Å²) in [6.07, 6.45) is 0. The first-order valence-electron chi connectivity index (χ1n) is 9.60. The van der Waals surface area contributed by atoms with Crippen molar-refractivity contribution in [1.29, 1.82) is 0 Å². The maximum atomic E-state index is 14.8. The third-order valence-corrected chi connectivity index (χ3v) is 5.49. The van der Waals surface area contributed by atoms with Gasteiger partial charge in [0.15, 0.2) is 23.3 Å². The van der Waals surface area contributed by atoms with E-state index in [-0.39, 0.29) is 28.0 Å². The third-order valence-electron chi connectivity index (χ3n) is 5.49. The molecule has 6 heteroatoms. The van der Waals surface area contributed by atoms with E-state index in [9.17, 15) is 26.3 Å². The van der Waals surface area contributed by atoms with Crippen LogP contribution < -0.4 is 0 Å². The monoisotopic (exact) mass is 438 g/mol. The Kier molecular flexibility index (Phi) is 4.66. The number of rotatable bonds is 2. The first-order chi connectivity index (χ1) is 15.4. The first-order valence-corrected chi connectivity index (χ1v) is 9.60. The van der Waals surface area contributed by atoms with Crippen molar-refractivity contribution in [1.82, 2.24) is 0 Å². The molecule has 0 aliphatic heterocycles. The second-order valence-corrected chi connectivity index (χ2v) is 7.31. The lowest BCUT2D eigenvalue weighted by molar-refractivity contribution is 0.458. The van der Waals surface area contributed by atoms with Gasteiger partial charge in [0.2, 0.25) is 0 Å². The van der Waals surface area contributed by atoms with Gasteiger partial charge in [-0.05, 0) is 33.7 Å². The van der Waals surface area contributed by atoms with Crippen molar-refractivity contribution in [3.63, 3.8) is 0 Å². The Balaban J connectivity index is 2.04. The van der Waals surface area contributed by atoms with Gasteiger partial charge in [0, 0.05) is 28.8 Å². The second kappa shape index (κ2) is 7.41. The van der Waals surface area contributed by atoms with Crippen LogP contribution in [0.5, 0.6) is 0 Å². The Hall–Kier alpha value is -3.80. The molecular weight excluding hydrogens is 426 g/mol. The SMILES string of the molecule is Fc1ccc(-c2c3ccccc3c(-c3c(F)c(F)cc(F)c3F)c3ccccc23)c(F)c1. The Morgan fingerprint density at radius 2 is 0.875 bits per heavy atom. The zero-order valence-corrected chi connectivity index (χ0v) is 16.2. The molecule has 5 rings (SSSR count). The highest BCUT2D eigenvalue weighted by Gasteiger charge is 2.26. The topological polar surface area (TPSA) is 0 Å². The molecule has 0 nitrogen and oxygen atoms in total. The molecule has 0 saturated heterocycles. The van der Waals surface area contributed by atoms with Crippen molar-refractivity contribution >= 4 is 21.5 Å². The van der Waals surface area contributed by atoms with Crippen LogP contribution >= 0.6 is 0 Å². The molecule has 0 atom stereocenters. The van der Waals surface area contributed by atoms with E-state index in [0.29, 0.717) is 16.3 Å². The average Bonchev–Trinajstić information content (AvgIpc) is 2.78. The number of benzene rings is 5. The summed E-state index contributed by atoms with van der Waals surface area (Å²) in [5.74, 6) is -7.68. The molecule has 0 unspecified atom stereocenters. The van der Waals surface area contributed by atoms with Gasteiger partial charge in [-0.25, -0.2) is 26.3 Å². The van der Waals surface area contributed by atoms with Gasteiger partial charge in [-0.15, -0.1) is 0 Å².